The lowest BCUT2D eigenvalue weighted by Gasteiger charge is -2.16. The molecule has 3 rings (SSSR count). The summed E-state index contributed by atoms with van der Waals surface area (Å²) in [5.41, 5.74) is 2.87. The lowest BCUT2D eigenvalue weighted by molar-refractivity contribution is -0.130. The average molecular weight is 303 g/mol. The van der Waals surface area contributed by atoms with Crippen molar-refractivity contribution >= 4 is 5.91 Å². The van der Waals surface area contributed by atoms with Gasteiger partial charge < -0.3 is 14.7 Å². The largest absolute Gasteiger partial charge is 0.494 e. The van der Waals surface area contributed by atoms with Crippen molar-refractivity contribution in [3.8, 4) is 5.75 Å². The maximum absolute atomic E-state index is 12.1. The molecule has 22 heavy (non-hydrogen) atoms. The van der Waals surface area contributed by atoms with Crippen LogP contribution in [-0.2, 0) is 17.6 Å². The number of hydrogen-bond donors (Lipinski definition) is 1. The van der Waals surface area contributed by atoms with E-state index in [-0.39, 0.29) is 18.4 Å². The number of likely N-dealkylation sites (tertiary alicyclic amines) is 1. The Balaban J connectivity index is 1.38. The molecule has 2 aliphatic rings. The van der Waals surface area contributed by atoms with Crippen LogP contribution < -0.4 is 4.74 Å². The summed E-state index contributed by atoms with van der Waals surface area (Å²) in [5, 5.41) is 9.11. The van der Waals surface area contributed by atoms with E-state index in [0.717, 1.165) is 31.6 Å². The molecule has 1 aromatic rings. The first-order valence-corrected chi connectivity index (χ1v) is 8.39. The van der Waals surface area contributed by atoms with Gasteiger partial charge in [-0.3, -0.25) is 4.79 Å². The number of aliphatic hydroxyl groups excluding tert-OH is 1. The number of hydrogen-bond acceptors (Lipinski definition) is 3. The van der Waals surface area contributed by atoms with Crippen LogP contribution in [0.15, 0.2) is 18.2 Å². The van der Waals surface area contributed by atoms with Gasteiger partial charge in [0.05, 0.1) is 6.61 Å². The molecule has 1 amide bonds. The first-order chi connectivity index (χ1) is 10.8. The molecule has 0 radical (unpaired) electrons. The normalized spacial score (nSPS) is 20.2. The van der Waals surface area contributed by atoms with Crippen LogP contribution in [0.4, 0.5) is 0 Å². The minimum atomic E-state index is 0.186. The van der Waals surface area contributed by atoms with Crippen LogP contribution in [0.1, 0.15) is 36.8 Å². The third-order valence-electron chi connectivity index (χ3n) is 4.77. The number of nitrogens with zero attached hydrogens (tertiary/aromatic N) is 1. The van der Waals surface area contributed by atoms with Crippen molar-refractivity contribution in [1.82, 2.24) is 4.90 Å². The Morgan fingerprint density at radius 1 is 1.32 bits per heavy atom. The summed E-state index contributed by atoms with van der Waals surface area (Å²) < 4.78 is 5.78. The molecular formula is C18H25NO3. The molecule has 4 nitrogen and oxygen atoms in total. The summed E-state index contributed by atoms with van der Waals surface area (Å²) >= 11 is 0. The van der Waals surface area contributed by atoms with Crippen LogP contribution in [0.25, 0.3) is 0 Å². The highest BCUT2D eigenvalue weighted by Gasteiger charge is 2.25. The fraction of sp³-hybridized carbons (Fsp3) is 0.611. The van der Waals surface area contributed by atoms with Gasteiger partial charge >= 0.3 is 0 Å². The number of carbonyl (C=O) groups excluding carboxylic acids is 1. The van der Waals surface area contributed by atoms with E-state index in [2.05, 4.69) is 12.1 Å². The van der Waals surface area contributed by atoms with Gasteiger partial charge in [0.2, 0.25) is 5.91 Å². The summed E-state index contributed by atoms with van der Waals surface area (Å²) in [7, 11) is 0. The van der Waals surface area contributed by atoms with Crippen molar-refractivity contribution in [2.45, 2.75) is 38.5 Å². The molecule has 1 atom stereocenters. The molecule has 0 bridgehead atoms. The summed E-state index contributed by atoms with van der Waals surface area (Å²) in [4.78, 5) is 13.9. The standard InChI is InChI=1S/C18H25NO3/c20-13-14-8-9-19(12-14)18(21)5-2-10-22-17-7-6-15-3-1-4-16(15)11-17/h6-7,11,14,20H,1-5,8-10,12-13H2. The Kier molecular flexibility index (Phi) is 4.98. The Labute approximate surface area is 132 Å². The van der Waals surface area contributed by atoms with Gasteiger partial charge in [0.15, 0.2) is 0 Å². The van der Waals surface area contributed by atoms with E-state index < -0.39 is 0 Å². The second-order valence-corrected chi connectivity index (χ2v) is 6.41. The summed E-state index contributed by atoms with van der Waals surface area (Å²) in [6.07, 6.45) is 5.80. The highest BCUT2D eigenvalue weighted by atomic mass is 16.5. The third kappa shape index (κ3) is 3.61. The predicted octanol–water partition coefficient (Wildman–Crippen LogP) is 2.18. The second kappa shape index (κ2) is 7.14. The number of aliphatic hydroxyl groups is 1. The van der Waals surface area contributed by atoms with E-state index in [4.69, 9.17) is 9.84 Å². The van der Waals surface area contributed by atoms with Crippen LogP contribution in [-0.4, -0.2) is 42.2 Å². The molecule has 1 fully saturated rings. The Morgan fingerprint density at radius 2 is 2.18 bits per heavy atom. The SMILES string of the molecule is O=C(CCCOc1ccc2c(c1)CCC2)N1CCC(CO)C1. The molecule has 0 aromatic heterocycles. The molecular weight excluding hydrogens is 278 g/mol. The smallest absolute Gasteiger partial charge is 0.222 e. The van der Waals surface area contributed by atoms with Crippen molar-refractivity contribution in [3.05, 3.63) is 29.3 Å². The molecule has 0 spiro atoms. The number of carbonyl (C=O) groups is 1. The second-order valence-electron chi connectivity index (χ2n) is 6.41. The van der Waals surface area contributed by atoms with Gasteiger partial charge in [0.1, 0.15) is 5.75 Å². The van der Waals surface area contributed by atoms with Gasteiger partial charge in [-0.05, 0) is 55.4 Å². The Morgan fingerprint density at radius 3 is 3.00 bits per heavy atom. The molecule has 1 aliphatic carbocycles. The lowest BCUT2D eigenvalue weighted by atomic mass is 10.1. The van der Waals surface area contributed by atoms with Crippen molar-refractivity contribution in [3.63, 3.8) is 0 Å². The zero-order chi connectivity index (χ0) is 15.4. The summed E-state index contributed by atoms with van der Waals surface area (Å²) in [6, 6.07) is 6.36. The first-order valence-electron chi connectivity index (χ1n) is 8.39. The molecule has 1 N–H and O–H groups in total. The van der Waals surface area contributed by atoms with E-state index in [1.165, 1.54) is 24.0 Å². The quantitative estimate of drug-likeness (QED) is 0.820. The molecule has 1 saturated heterocycles. The molecule has 1 unspecified atom stereocenters. The van der Waals surface area contributed by atoms with E-state index >= 15 is 0 Å². The number of aryl methyl sites for hydroxylation is 2. The Hall–Kier alpha value is -1.55. The van der Waals surface area contributed by atoms with E-state index in [1.54, 1.807) is 0 Å². The summed E-state index contributed by atoms with van der Waals surface area (Å²) in [5.74, 6) is 1.38. The van der Waals surface area contributed by atoms with Gasteiger partial charge in [0, 0.05) is 32.0 Å². The molecule has 1 aromatic carbocycles. The maximum atomic E-state index is 12.1. The first kappa shape index (κ1) is 15.3. The number of benzene rings is 1. The van der Waals surface area contributed by atoms with Crippen molar-refractivity contribution < 1.29 is 14.6 Å². The number of amides is 1. The van der Waals surface area contributed by atoms with Gasteiger partial charge in [0.25, 0.3) is 0 Å². The summed E-state index contributed by atoms with van der Waals surface area (Å²) in [6.45, 7) is 2.27. The molecule has 120 valence electrons. The molecule has 0 saturated carbocycles. The predicted molar refractivity (Wildman–Crippen MR) is 85.0 cm³/mol. The number of rotatable bonds is 6. The topological polar surface area (TPSA) is 49.8 Å². The van der Waals surface area contributed by atoms with E-state index in [1.807, 2.05) is 11.0 Å². The zero-order valence-corrected chi connectivity index (χ0v) is 13.1. The maximum Gasteiger partial charge on any atom is 0.222 e. The third-order valence-corrected chi connectivity index (χ3v) is 4.77. The van der Waals surface area contributed by atoms with Crippen molar-refractivity contribution in [1.29, 1.82) is 0 Å². The lowest BCUT2D eigenvalue weighted by Crippen LogP contribution is -2.29. The average Bonchev–Trinajstić information content (AvgIpc) is 3.19. The van der Waals surface area contributed by atoms with Gasteiger partial charge in [-0.2, -0.15) is 0 Å². The number of fused-ring (bicyclic) bond motifs is 1. The molecule has 1 aliphatic heterocycles. The van der Waals surface area contributed by atoms with Crippen molar-refractivity contribution in [2.75, 3.05) is 26.3 Å². The Bertz CT molecular complexity index is 529. The van der Waals surface area contributed by atoms with E-state index in [9.17, 15) is 4.79 Å². The van der Waals surface area contributed by atoms with E-state index in [0.29, 0.717) is 19.6 Å². The monoisotopic (exact) mass is 303 g/mol. The van der Waals surface area contributed by atoms with Crippen LogP contribution in [0.3, 0.4) is 0 Å². The van der Waals surface area contributed by atoms with Gasteiger partial charge in [-0.25, -0.2) is 0 Å². The fourth-order valence-corrected chi connectivity index (χ4v) is 3.42. The van der Waals surface area contributed by atoms with Crippen LogP contribution in [0, 0.1) is 5.92 Å². The minimum Gasteiger partial charge on any atom is -0.494 e. The molecule has 1 heterocycles. The highest BCUT2D eigenvalue weighted by molar-refractivity contribution is 5.76. The zero-order valence-electron chi connectivity index (χ0n) is 13.1. The van der Waals surface area contributed by atoms with Crippen LogP contribution in [0.2, 0.25) is 0 Å². The van der Waals surface area contributed by atoms with Crippen molar-refractivity contribution in [2.24, 2.45) is 5.92 Å². The van der Waals surface area contributed by atoms with Gasteiger partial charge in [-0.1, -0.05) is 6.07 Å². The number of ether oxygens (including phenoxy) is 1. The van der Waals surface area contributed by atoms with Crippen LogP contribution in [0.5, 0.6) is 5.75 Å². The molecule has 4 heteroatoms. The fourth-order valence-electron chi connectivity index (χ4n) is 3.42. The highest BCUT2D eigenvalue weighted by Crippen LogP contribution is 2.26. The van der Waals surface area contributed by atoms with Gasteiger partial charge in [-0.15, -0.1) is 0 Å². The van der Waals surface area contributed by atoms with Crippen LogP contribution >= 0.6 is 0 Å². The minimum absolute atomic E-state index is 0.186.